The van der Waals surface area contributed by atoms with Crippen LogP contribution in [0.25, 0.3) is 0 Å². The second kappa shape index (κ2) is 5.82. The Morgan fingerprint density at radius 1 is 1.59 bits per heavy atom. The minimum Gasteiger partial charge on any atom is -0.391 e. The molecule has 5 nitrogen and oxygen atoms in total. The van der Waals surface area contributed by atoms with Gasteiger partial charge in [0.1, 0.15) is 0 Å². The fourth-order valence-corrected chi connectivity index (χ4v) is 1.76. The second-order valence-electron chi connectivity index (χ2n) is 4.80. The van der Waals surface area contributed by atoms with Crippen molar-refractivity contribution in [2.75, 3.05) is 6.54 Å². The Kier molecular flexibility index (Phi) is 4.69. The first kappa shape index (κ1) is 13.7. The van der Waals surface area contributed by atoms with Crippen molar-refractivity contribution < 1.29 is 9.90 Å². The molecule has 1 heterocycles. The topological polar surface area (TPSA) is 67.2 Å². The maximum absolute atomic E-state index is 11.8. The molecule has 5 heteroatoms. The lowest BCUT2D eigenvalue weighted by molar-refractivity contribution is 0.0899. The van der Waals surface area contributed by atoms with E-state index in [4.69, 9.17) is 0 Å². The van der Waals surface area contributed by atoms with E-state index in [-0.39, 0.29) is 12.5 Å². The monoisotopic (exact) mass is 239 g/mol. The van der Waals surface area contributed by atoms with Gasteiger partial charge in [0.15, 0.2) is 0 Å². The lowest BCUT2D eigenvalue weighted by Gasteiger charge is -2.13. The van der Waals surface area contributed by atoms with Crippen molar-refractivity contribution in [2.24, 2.45) is 13.0 Å². The number of aliphatic hydroxyl groups excluding tert-OH is 1. The molecule has 0 aromatic carbocycles. The summed E-state index contributed by atoms with van der Waals surface area (Å²) in [5.41, 5.74) is 1.26. The molecular formula is C12H21N3O2. The van der Waals surface area contributed by atoms with Gasteiger partial charge in [-0.1, -0.05) is 13.8 Å². The first-order valence-electron chi connectivity index (χ1n) is 5.86. The van der Waals surface area contributed by atoms with E-state index in [0.29, 0.717) is 23.6 Å². The summed E-state index contributed by atoms with van der Waals surface area (Å²) in [5.74, 6) is 0.237. The van der Waals surface area contributed by atoms with E-state index in [9.17, 15) is 9.90 Å². The zero-order valence-electron chi connectivity index (χ0n) is 10.9. The molecule has 0 radical (unpaired) electrons. The van der Waals surface area contributed by atoms with E-state index in [0.717, 1.165) is 0 Å². The summed E-state index contributed by atoms with van der Waals surface area (Å²) in [7, 11) is 1.78. The van der Waals surface area contributed by atoms with E-state index in [2.05, 4.69) is 10.4 Å². The van der Waals surface area contributed by atoms with Gasteiger partial charge < -0.3 is 10.4 Å². The lowest BCUT2D eigenvalue weighted by atomic mass is 10.1. The third-order valence-electron chi connectivity index (χ3n) is 2.50. The zero-order valence-corrected chi connectivity index (χ0v) is 10.9. The summed E-state index contributed by atoms with van der Waals surface area (Å²) >= 11 is 0. The van der Waals surface area contributed by atoms with Crippen LogP contribution in [0.1, 0.15) is 36.3 Å². The summed E-state index contributed by atoms with van der Waals surface area (Å²) in [6, 6.07) is 0. The molecule has 0 aliphatic carbocycles. The minimum atomic E-state index is -0.490. The molecule has 0 bridgehead atoms. The molecular weight excluding hydrogens is 218 g/mol. The Bertz CT molecular complexity index is 385. The molecule has 1 aromatic rings. The molecule has 0 saturated carbocycles. The number of carbonyl (C=O) groups is 1. The molecule has 17 heavy (non-hydrogen) atoms. The molecule has 1 rings (SSSR count). The van der Waals surface area contributed by atoms with Gasteiger partial charge in [-0.2, -0.15) is 5.10 Å². The quantitative estimate of drug-likeness (QED) is 0.801. The maximum Gasteiger partial charge on any atom is 0.254 e. The number of aromatic nitrogens is 2. The predicted octanol–water partition coefficient (Wildman–Crippen LogP) is 0.865. The van der Waals surface area contributed by atoms with Crippen LogP contribution < -0.4 is 5.32 Å². The molecule has 1 aromatic heterocycles. The van der Waals surface area contributed by atoms with Crippen molar-refractivity contribution in [3.8, 4) is 0 Å². The molecule has 0 saturated heterocycles. The van der Waals surface area contributed by atoms with Crippen molar-refractivity contribution >= 4 is 5.91 Å². The number of hydrogen-bond acceptors (Lipinski definition) is 3. The third kappa shape index (κ3) is 4.19. The Morgan fingerprint density at radius 2 is 2.24 bits per heavy atom. The normalized spacial score (nSPS) is 12.8. The highest BCUT2D eigenvalue weighted by Crippen LogP contribution is 2.06. The van der Waals surface area contributed by atoms with Crippen LogP contribution in [-0.4, -0.2) is 33.4 Å². The molecule has 0 fully saturated rings. The third-order valence-corrected chi connectivity index (χ3v) is 2.50. The fraction of sp³-hybridized carbons (Fsp3) is 0.667. The summed E-state index contributed by atoms with van der Waals surface area (Å²) < 4.78 is 1.61. The summed E-state index contributed by atoms with van der Waals surface area (Å²) in [6.45, 7) is 6.15. The number of aryl methyl sites for hydroxylation is 2. The molecule has 96 valence electrons. The van der Waals surface area contributed by atoms with Gasteiger partial charge in [0.05, 0.1) is 17.4 Å². The lowest BCUT2D eigenvalue weighted by Crippen LogP contribution is -2.32. The van der Waals surface area contributed by atoms with Gasteiger partial charge in [-0.05, 0) is 19.3 Å². The van der Waals surface area contributed by atoms with E-state index in [1.165, 1.54) is 0 Å². The number of carbonyl (C=O) groups excluding carboxylic acids is 1. The highest BCUT2D eigenvalue weighted by atomic mass is 16.3. The number of nitrogens with zero attached hydrogens (tertiary/aromatic N) is 2. The van der Waals surface area contributed by atoms with Gasteiger partial charge in [0.25, 0.3) is 5.91 Å². The van der Waals surface area contributed by atoms with Gasteiger partial charge >= 0.3 is 0 Å². The summed E-state index contributed by atoms with van der Waals surface area (Å²) in [6.07, 6.45) is 1.88. The number of hydrogen-bond donors (Lipinski definition) is 2. The molecule has 0 spiro atoms. The average molecular weight is 239 g/mol. The molecule has 0 aliphatic heterocycles. The van der Waals surface area contributed by atoms with Gasteiger partial charge in [0.2, 0.25) is 0 Å². The molecule has 1 amide bonds. The van der Waals surface area contributed by atoms with Gasteiger partial charge in [-0.25, -0.2) is 0 Å². The van der Waals surface area contributed by atoms with Crippen LogP contribution in [0.2, 0.25) is 0 Å². The van der Waals surface area contributed by atoms with Crippen LogP contribution in [0.15, 0.2) is 6.20 Å². The van der Waals surface area contributed by atoms with Crippen molar-refractivity contribution in [3.05, 3.63) is 17.5 Å². The van der Waals surface area contributed by atoms with E-state index in [1.807, 2.05) is 13.8 Å². The molecule has 1 unspecified atom stereocenters. The van der Waals surface area contributed by atoms with Gasteiger partial charge in [-0.3, -0.25) is 9.48 Å². The van der Waals surface area contributed by atoms with Crippen LogP contribution in [0.3, 0.4) is 0 Å². The van der Waals surface area contributed by atoms with E-state index >= 15 is 0 Å². The number of aliphatic hydroxyl groups is 1. The zero-order chi connectivity index (χ0) is 13.0. The Labute approximate surface area is 102 Å². The van der Waals surface area contributed by atoms with Crippen molar-refractivity contribution in [1.29, 1.82) is 0 Å². The first-order valence-corrected chi connectivity index (χ1v) is 5.86. The molecule has 2 N–H and O–H groups in total. The Balaban J connectivity index is 2.47. The highest BCUT2D eigenvalue weighted by molar-refractivity contribution is 5.94. The average Bonchev–Trinajstić information content (AvgIpc) is 2.53. The summed E-state index contributed by atoms with van der Waals surface area (Å²) in [5, 5.41) is 16.5. The minimum absolute atomic E-state index is 0.182. The van der Waals surface area contributed by atoms with Crippen LogP contribution in [0.5, 0.6) is 0 Å². The van der Waals surface area contributed by atoms with E-state index in [1.54, 1.807) is 24.9 Å². The SMILES string of the molecule is Cc1nn(C)cc1C(=O)NCC(O)CC(C)C. The predicted molar refractivity (Wildman–Crippen MR) is 65.7 cm³/mol. The largest absolute Gasteiger partial charge is 0.391 e. The maximum atomic E-state index is 11.8. The number of rotatable bonds is 5. The van der Waals surface area contributed by atoms with E-state index < -0.39 is 6.10 Å². The standard InChI is InChI=1S/C12H21N3O2/c1-8(2)5-10(16)6-13-12(17)11-7-15(4)14-9(11)3/h7-8,10,16H,5-6H2,1-4H3,(H,13,17). The van der Waals surface area contributed by atoms with Crippen LogP contribution in [0.4, 0.5) is 0 Å². The number of nitrogens with one attached hydrogen (secondary N) is 1. The van der Waals surface area contributed by atoms with Gasteiger partial charge in [-0.15, -0.1) is 0 Å². The van der Waals surface area contributed by atoms with Crippen LogP contribution in [0, 0.1) is 12.8 Å². The highest BCUT2D eigenvalue weighted by Gasteiger charge is 2.14. The van der Waals surface area contributed by atoms with Crippen molar-refractivity contribution in [1.82, 2.24) is 15.1 Å². The smallest absolute Gasteiger partial charge is 0.254 e. The van der Waals surface area contributed by atoms with Crippen LogP contribution >= 0.6 is 0 Å². The second-order valence-corrected chi connectivity index (χ2v) is 4.80. The molecule has 1 atom stereocenters. The summed E-state index contributed by atoms with van der Waals surface area (Å²) in [4.78, 5) is 11.8. The Hall–Kier alpha value is -1.36. The van der Waals surface area contributed by atoms with Crippen molar-refractivity contribution in [3.63, 3.8) is 0 Å². The van der Waals surface area contributed by atoms with Crippen molar-refractivity contribution in [2.45, 2.75) is 33.3 Å². The van der Waals surface area contributed by atoms with Crippen LogP contribution in [-0.2, 0) is 7.05 Å². The van der Waals surface area contributed by atoms with Gasteiger partial charge in [0, 0.05) is 19.8 Å². The fourth-order valence-electron chi connectivity index (χ4n) is 1.76. The Morgan fingerprint density at radius 3 is 2.71 bits per heavy atom. The molecule has 0 aliphatic rings. The number of amides is 1. The first-order chi connectivity index (χ1) is 7.90.